The van der Waals surface area contributed by atoms with Crippen LogP contribution < -0.4 is 15.4 Å². The Hall–Kier alpha value is -1.56. The molecule has 2 aromatic carbocycles. The van der Waals surface area contributed by atoms with E-state index in [1.807, 2.05) is 54.6 Å². The van der Waals surface area contributed by atoms with Gasteiger partial charge in [0.05, 0.1) is 0 Å². The molecule has 1 fully saturated rings. The monoisotopic (exact) mass is 410 g/mol. The number of rotatable bonds is 6. The van der Waals surface area contributed by atoms with Crippen molar-refractivity contribution in [3.8, 4) is 5.75 Å². The fourth-order valence-corrected chi connectivity index (χ4v) is 2.64. The first-order chi connectivity index (χ1) is 11.2. The number of carbonyl (C=O) groups is 1. The maximum absolute atomic E-state index is 12.6. The van der Waals surface area contributed by atoms with Crippen molar-refractivity contribution in [1.82, 2.24) is 10.6 Å². The molecule has 1 atom stereocenters. The number of nitrogens with one attached hydrogen (secondary N) is 2. The van der Waals surface area contributed by atoms with Crippen LogP contribution in [0.1, 0.15) is 11.7 Å². The Bertz CT molecular complexity index is 648. The predicted octanol–water partition coefficient (Wildman–Crippen LogP) is 3.33. The zero-order chi connectivity index (χ0) is 16.1. The van der Waals surface area contributed by atoms with Gasteiger partial charge in [-0.2, -0.15) is 0 Å². The minimum Gasteiger partial charge on any atom is -0.476 e. The zero-order valence-corrected chi connectivity index (χ0v) is 15.5. The molecule has 1 aliphatic rings. The van der Waals surface area contributed by atoms with Crippen molar-refractivity contribution in [2.24, 2.45) is 5.92 Å². The van der Waals surface area contributed by atoms with Crippen LogP contribution in [0.3, 0.4) is 0 Å². The van der Waals surface area contributed by atoms with E-state index in [0.29, 0.717) is 18.2 Å². The van der Waals surface area contributed by atoms with Crippen molar-refractivity contribution in [2.45, 2.75) is 6.10 Å². The topological polar surface area (TPSA) is 50.4 Å². The third kappa shape index (κ3) is 4.97. The molecule has 1 aliphatic heterocycles. The third-order valence-electron chi connectivity index (χ3n) is 3.84. The van der Waals surface area contributed by atoms with Crippen molar-refractivity contribution >= 4 is 34.2 Å². The summed E-state index contributed by atoms with van der Waals surface area (Å²) in [4.78, 5) is 12.6. The molecule has 2 aromatic rings. The van der Waals surface area contributed by atoms with E-state index in [0.717, 1.165) is 23.1 Å². The molecule has 1 unspecified atom stereocenters. The Morgan fingerprint density at radius 3 is 2.42 bits per heavy atom. The second-order valence-electron chi connectivity index (χ2n) is 5.63. The Morgan fingerprint density at radius 2 is 1.83 bits per heavy atom. The van der Waals surface area contributed by atoms with Crippen molar-refractivity contribution in [1.29, 1.82) is 0 Å². The summed E-state index contributed by atoms with van der Waals surface area (Å²) in [6.07, 6.45) is -0.648. The van der Waals surface area contributed by atoms with Crippen LogP contribution in [0.4, 0.5) is 0 Å². The predicted molar refractivity (Wildman–Crippen MR) is 101 cm³/mol. The minimum atomic E-state index is -0.648. The third-order valence-corrected chi connectivity index (χ3v) is 4.37. The molecule has 24 heavy (non-hydrogen) atoms. The molecule has 4 nitrogen and oxygen atoms in total. The van der Waals surface area contributed by atoms with Crippen LogP contribution in [-0.2, 0) is 4.79 Å². The molecule has 0 aromatic heterocycles. The van der Waals surface area contributed by atoms with Gasteiger partial charge in [0.2, 0.25) is 6.10 Å². The van der Waals surface area contributed by atoms with E-state index in [4.69, 9.17) is 4.74 Å². The standard InChI is InChI=1S/C18H19BrN2O2.ClH/c19-15-6-8-16(9-7-15)23-17(14-4-2-1-3-5-14)18(22)21-12-13-10-20-11-13;/h1-9,13,17,20H,10-12H2,(H,21,22);1H. The quantitative estimate of drug-likeness (QED) is 0.766. The van der Waals surface area contributed by atoms with Crippen LogP contribution in [0.5, 0.6) is 5.75 Å². The van der Waals surface area contributed by atoms with E-state index in [2.05, 4.69) is 26.6 Å². The fraction of sp³-hybridized carbons (Fsp3) is 0.278. The van der Waals surface area contributed by atoms with E-state index < -0.39 is 6.10 Å². The average molecular weight is 412 g/mol. The maximum atomic E-state index is 12.6. The highest BCUT2D eigenvalue weighted by molar-refractivity contribution is 9.10. The summed E-state index contributed by atoms with van der Waals surface area (Å²) in [7, 11) is 0. The molecule has 3 rings (SSSR count). The maximum Gasteiger partial charge on any atom is 0.265 e. The fourth-order valence-electron chi connectivity index (χ4n) is 2.38. The van der Waals surface area contributed by atoms with Crippen LogP contribution in [0.15, 0.2) is 59.1 Å². The number of benzene rings is 2. The Morgan fingerprint density at radius 1 is 1.17 bits per heavy atom. The van der Waals surface area contributed by atoms with E-state index in [1.54, 1.807) is 0 Å². The average Bonchev–Trinajstić information content (AvgIpc) is 2.53. The summed E-state index contributed by atoms with van der Waals surface area (Å²) < 4.78 is 6.93. The summed E-state index contributed by atoms with van der Waals surface area (Å²) in [5.74, 6) is 1.08. The molecule has 0 saturated carbocycles. The Labute approximate surface area is 156 Å². The number of ether oxygens (including phenoxy) is 1. The first kappa shape index (κ1) is 18.8. The molecule has 2 N–H and O–H groups in total. The summed E-state index contributed by atoms with van der Waals surface area (Å²) in [5, 5.41) is 6.21. The number of halogens is 2. The molecule has 0 radical (unpaired) electrons. The Kier molecular flexibility index (Phi) is 7.09. The van der Waals surface area contributed by atoms with Crippen molar-refractivity contribution < 1.29 is 9.53 Å². The molecule has 0 aliphatic carbocycles. The van der Waals surface area contributed by atoms with Gasteiger partial charge in [-0.25, -0.2) is 0 Å². The van der Waals surface area contributed by atoms with E-state index >= 15 is 0 Å². The van der Waals surface area contributed by atoms with Crippen LogP contribution in [0, 0.1) is 5.92 Å². The van der Waals surface area contributed by atoms with Gasteiger partial charge in [0.25, 0.3) is 5.91 Å². The largest absolute Gasteiger partial charge is 0.476 e. The number of amides is 1. The molecule has 6 heteroatoms. The van der Waals surface area contributed by atoms with Gasteiger partial charge >= 0.3 is 0 Å². The molecule has 0 spiro atoms. The molecule has 0 bridgehead atoms. The smallest absolute Gasteiger partial charge is 0.265 e. The van der Waals surface area contributed by atoms with E-state index in [-0.39, 0.29) is 18.3 Å². The number of hydrogen-bond acceptors (Lipinski definition) is 3. The summed E-state index contributed by atoms with van der Waals surface area (Å²) in [5.41, 5.74) is 0.847. The van der Waals surface area contributed by atoms with E-state index in [1.165, 1.54) is 0 Å². The lowest BCUT2D eigenvalue weighted by Gasteiger charge is -2.28. The van der Waals surface area contributed by atoms with Gasteiger partial charge in [0, 0.05) is 35.6 Å². The first-order valence-corrected chi connectivity index (χ1v) is 8.47. The van der Waals surface area contributed by atoms with Gasteiger partial charge in [0.15, 0.2) is 0 Å². The highest BCUT2D eigenvalue weighted by Crippen LogP contribution is 2.24. The highest BCUT2D eigenvalue weighted by atomic mass is 79.9. The van der Waals surface area contributed by atoms with Crippen LogP contribution in [0.2, 0.25) is 0 Å². The van der Waals surface area contributed by atoms with Crippen molar-refractivity contribution in [2.75, 3.05) is 19.6 Å². The summed E-state index contributed by atoms with van der Waals surface area (Å²) in [6, 6.07) is 17.1. The van der Waals surface area contributed by atoms with Gasteiger partial charge in [0.1, 0.15) is 5.75 Å². The normalized spacial score (nSPS) is 14.9. The van der Waals surface area contributed by atoms with Crippen LogP contribution >= 0.6 is 28.3 Å². The molecule has 1 saturated heterocycles. The highest BCUT2D eigenvalue weighted by Gasteiger charge is 2.24. The molecular formula is C18H20BrClN2O2. The summed E-state index contributed by atoms with van der Waals surface area (Å²) in [6.45, 7) is 2.60. The van der Waals surface area contributed by atoms with E-state index in [9.17, 15) is 4.79 Å². The van der Waals surface area contributed by atoms with Gasteiger partial charge in [-0.3, -0.25) is 4.79 Å². The first-order valence-electron chi connectivity index (χ1n) is 7.68. The zero-order valence-electron chi connectivity index (χ0n) is 13.1. The Balaban J connectivity index is 0.00000208. The molecule has 128 valence electrons. The van der Waals surface area contributed by atoms with Gasteiger partial charge in [-0.05, 0) is 24.3 Å². The van der Waals surface area contributed by atoms with Gasteiger partial charge in [-0.1, -0.05) is 46.3 Å². The summed E-state index contributed by atoms with van der Waals surface area (Å²) >= 11 is 3.40. The van der Waals surface area contributed by atoms with Crippen LogP contribution in [0.25, 0.3) is 0 Å². The minimum absolute atomic E-state index is 0. The lowest BCUT2D eigenvalue weighted by molar-refractivity contribution is -0.128. The SMILES string of the molecule is Cl.O=C(NCC1CNC1)C(Oc1ccc(Br)cc1)c1ccccc1. The molecular weight excluding hydrogens is 392 g/mol. The second-order valence-corrected chi connectivity index (χ2v) is 6.55. The van der Waals surface area contributed by atoms with Crippen molar-refractivity contribution in [3.63, 3.8) is 0 Å². The number of hydrogen-bond donors (Lipinski definition) is 2. The van der Waals surface area contributed by atoms with Gasteiger partial charge in [-0.15, -0.1) is 12.4 Å². The molecule has 1 amide bonds. The van der Waals surface area contributed by atoms with Crippen molar-refractivity contribution in [3.05, 3.63) is 64.6 Å². The number of carbonyl (C=O) groups excluding carboxylic acids is 1. The lowest BCUT2D eigenvalue weighted by Crippen LogP contribution is -2.49. The van der Waals surface area contributed by atoms with Crippen LogP contribution in [-0.4, -0.2) is 25.5 Å². The van der Waals surface area contributed by atoms with Gasteiger partial charge < -0.3 is 15.4 Å². The lowest BCUT2D eigenvalue weighted by atomic mass is 10.0. The molecule has 1 heterocycles. The second kappa shape index (κ2) is 9.06.